The van der Waals surface area contributed by atoms with E-state index in [2.05, 4.69) is 50.0 Å². The molecule has 0 bridgehead atoms. The molecule has 37 heteroatoms. The van der Waals surface area contributed by atoms with E-state index in [0.717, 1.165) is 18.2 Å². The highest BCUT2D eigenvalue weighted by atomic mass is 32.2. The van der Waals surface area contributed by atoms with Gasteiger partial charge in [0.15, 0.2) is 17.1 Å². The number of nitro benzene ring substituents is 1. The maximum Gasteiger partial charge on any atom is 0.296 e. The Labute approximate surface area is 445 Å². The summed E-state index contributed by atoms with van der Waals surface area (Å²) in [6.07, 6.45) is 0.477. The number of phenols is 1. The number of aryl methyl sites for hydroxylation is 1. The molecule has 31 nitrogen and oxygen atoms in total. The van der Waals surface area contributed by atoms with Gasteiger partial charge >= 0.3 is 0 Å². The second-order valence-electron chi connectivity index (χ2n) is 15.8. The number of non-ortho nitro benzene ring substituents is 1. The van der Waals surface area contributed by atoms with E-state index >= 15 is 0 Å². The van der Waals surface area contributed by atoms with Gasteiger partial charge in [0.05, 0.1) is 61.9 Å². The van der Waals surface area contributed by atoms with Crippen LogP contribution in [-0.4, -0.2) is 105 Å². The van der Waals surface area contributed by atoms with Gasteiger partial charge in [0.2, 0.25) is 11.0 Å². The normalized spacial score (nSPS) is 12.6. The van der Waals surface area contributed by atoms with Crippen LogP contribution in [0.4, 0.5) is 39.3 Å². The number of hydrogen-bond acceptors (Lipinski definition) is 27. The number of para-hydroxylation sites is 2. The van der Waals surface area contributed by atoms with Gasteiger partial charge in [-0.05, 0) is 67.6 Å². The monoisotopic (exact) mass is 1190 g/mol. The molecule has 7 N–H and O–H groups in total. The zero-order valence-electron chi connectivity index (χ0n) is 39.3. The first-order chi connectivity index (χ1) is 36.5. The van der Waals surface area contributed by atoms with Crippen molar-refractivity contribution in [2.75, 3.05) is 18.6 Å². The lowest BCUT2D eigenvalue weighted by atomic mass is 10.1. The van der Waals surface area contributed by atoms with Crippen LogP contribution in [0.2, 0.25) is 0 Å². The van der Waals surface area contributed by atoms with Crippen molar-refractivity contribution in [3.05, 3.63) is 93.5 Å². The van der Waals surface area contributed by atoms with Crippen LogP contribution < -0.4 is 4.74 Å². The van der Waals surface area contributed by atoms with E-state index in [1.165, 1.54) is 36.4 Å². The second kappa shape index (κ2) is 22.6. The maximum atomic E-state index is 12.8. The quantitative estimate of drug-likeness (QED) is 0.00848. The Morgan fingerprint density at radius 2 is 1.47 bits per heavy atom. The van der Waals surface area contributed by atoms with Gasteiger partial charge in [0.1, 0.15) is 49.8 Å². The van der Waals surface area contributed by atoms with Crippen molar-refractivity contribution < 1.29 is 86.4 Å². The SMILES string of the molecule is CS(=O)(=O)O.Cc1cc(N=Nc2c(SOOO)cc3cc(S(=O)(=O)O)c(N=Nc4c(C)c(C#N)c5nc6ccccc6n5c4O)cc3c2O)c(OCCCS(=O)(=O)O)cc1N=Nc1nc2c(S(=O)(=O)O)cc([N+](=O)[O-])cc2s1. The molecule has 0 spiro atoms. The van der Waals surface area contributed by atoms with Gasteiger partial charge in [0, 0.05) is 29.1 Å². The van der Waals surface area contributed by atoms with Crippen molar-refractivity contribution in [1.29, 1.82) is 5.26 Å². The lowest BCUT2D eigenvalue weighted by Crippen LogP contribution is -2.08. The molecule has 0 saturated carbocycles. The first kappa shape index (κ1) is 57.9. The number of benzene rings is 5. The molecule has 8 rings (SSSR count). The van der Waals surface area contributed by atoms with Crippen molar-refractivity contribution >= 4 is 141 Å². The summed E-state index contributed by atoms with van der Waals surface area (Å²) >= 11 is 0.957. The van der Waals surface area contributed by atoms with Crippen LogP contribution in [0.25, 0.3) is 37.7 Å². The van der Waals surface area contributed by atoms with E-state index < -0.39 is 89.6 Å². The van der Waals surface area contributed by atoms with Gasteiger partial charge in [-0.1, -0.05) is 28.5 Å². The molecular formula is C41H33N11O20S6. The molecule has 0 saturated heterocycles. The Morgan fingerprint density at radius 3 is 2.12 bits per heavy atom. The Bertz CT molecular complexity index is 4380. The molecule has 5 aromatic carbocycles. The summed E-state index contributed by atoms with van der Waals surface area (Å²) in [7, 11) is -18.2. The number of phenolic OH excluding ortho intramolecular Hbond substituents is 1. The number of rotatable bonds is 17. The third kappa shape index (κ3) is 13.3. The molecule has 0 aliphatic rings. The number of fused-ring (bicyclic) bond motifs is 5. The van der Waals surface area contributed by atoms with Gasteiger partial charge in [-0.15, -0.1) is 35.0 Å². The zero-order valence-corrected chi connectivity index (χ0v) is 44.2. The Hall–Kier alpha value is -7.84. The molecule has 3 aromatic heterocycles. The smallest absolute Gasteiger partial charge is 0.296 e. The minimum atomic E-state index is -5.13. The summed E-state index contributed by atoms with van der Waals surface area (Å²) in [6, 6.07) is 16.0. The van der Waals surface area contributed by atoms with Crippen LogP contribution in [0.15, 0.2) is 112 Å². The highest BCUT2D eigenvalue weighted by Crippen LogP contribution is 2.48. The van der Waals surface area contributed by atoms with Crippen LogP contribution in [0.1, 0.15) is 23.1 Å². The summed E-state index contributed by atoms with van der Waals surface area (Å²) in [4.78, 5) is 17.2. The first-order valence-electron chi connectivity index (χ1n) is 20.9. The van der Waals surface area contributed by atoms with Gasteiger partial charge < -0.3 is 14.9 Å². The molecule has 0 unspecified atom stereocenters. The highest BCUT2D eigenvalue weighted by molar-refractivity contribution is 7.94. The number of ether oxygens (including phenoxy) is 1. The number of aromatic hydroxyl groups is 2. The molecule has 0 aliphatic carbocycles. The minimum Gasteiger partial charge on any atom is -0.505 e. The fourth-order valence-electron chi connectivity index (χ4n) is 7.09. The molecule has 408 valence electrons. The minimum absolute atomic E-state index is 0.00402. The van der Waals surface area contributed by atoms with Gasteiger partial charge in [-0.25, -0.2) is 15.2 Å². The van der Waals surface area contributed by atoms with E-state index in [0.29, 0.717) is 40.3 Å². The molecule has 3 heterocycles. The number of thiazole rings is 1. The molecule has 0 amide bonds. The Balaban J connectivity index is 0.00000169. The number of nitro groups is 1. The standard InChI is InChI=1S/C40H29N11O17S5.CH4O3S/c1-18-10-26(29(66-8-5-9-71(57,58)59)16-25(18)44-49-40-43-35-30(69-40)13-21(51(54)55)14-33(35)73(63,64)65)45-48-36-31(70-68-67-56)11-20-12-32(72(60,61)62)27(15-22(20)37(36)52)46-47-34-19(2)23(17-41)38-42-24-6-3-4-7-28(24)50(38)39(34)53;1-5(2,3)4/h3-4,6-7,10-16,52-53,56H,5,8-9H2,1-2H3,(H,57,58,59)(H,60,61,62)(H,63,64,65);1H3,(H,2,3,4). The predicted molar refractivity (Wildman–Crippen MR) is 274 cm³/mol. The van der Waals surface area contributed by atoms with E-state index in [1.54, 1.807) is 24.3 Å². The molecule has 0 atom stereocenters. The summed E-state index contributed by atoms with van der Waals surface area (Å²) < 4.78 is 139. The molecule has 0 radical (unpaired) electrons. The van der Waals surface area contributed by atoms with Crippen LogP contribution in [0.3, 0.4) is 0 Å². The average Bonchev–Trinajstić information content (AvgIpc) is 4.08. The van der Waals surface area contributed by atoms with Crippen LogP contribution in [-0.2, 0) is 49.8 Å². The molecule has 0 fully saturated rings. The van der Waals surface area contributed by atoms with Crippen molar-refractivity contribution in [3.8, 4) is 23.4 Å². The van der Waals surface area contributed by atoms with Crippen molar-refractivity contribution in [2.45, 2.75) is 35.0 Å². The summed E-state index contributed by atoms with van der Waals surface area (Å²) in [5.74, 6) is -2.12. The maximum absolute atomic E-state index is 12.8. The number of imidazole rings is 1. The van der Waals surface area contributed by atoms with Gasteiger partial charge in [0.25, 0.3) is 46.2 Å². The van der Waals surface area contributed by atoms with Gasteiger partial charge in [-0.2, -0.15) is 38.9 Å². The van der Waals surface area contributed by atoms with E-state index in [1.807, 2.05) is 6.07 Å². The number of azo groups is 3. The number of hydrogen-bond donors (Lipinski definition) is 7. The molecule has 78 heavy (non-hydrogen) atoms. The molecule has 8 aromatic rings. The number of aromatic nitrogens is 3. The van der Waals surface area contributed by atoms with E-state index in [-0.39, 0.29) is 95.7 Å². The first-order valence-corrected chi connectivity index (χ1v) is 28.8. The molecular weight excluding hydrogens is 1160 g/mol. The van der Waals surface area contributed by atoms with E-state index in [4.69, 9.17) is 14.5 Å². The topological polar surface area (TPSA) is 477 Å². The van der Waals surface area contributed by atoms with Crippen molar-refractivity contribution in [1.82, 2.24) is 14.4 Å². The number of pyridine rings is 1. The Kier molecular flexibility index (Phi) is 16.8. The molecule has 0 aliphatic heterocycles. The lowest BCUT2D eigenvalue weighted by Gasteiger charge is -2.13. The number of nitrogens with zero attached hydrogens (tertiary/aromatic N) is 11. The van der Waals surface area contributed by atoms with Crippen molar-refractivity contribution in [2.24, 2.45) is 30.7 Å². The average molecular weight is 1190 g/mol. The van der Waals surface area contributed by atoms with E-state index in [9.17, 15) is 72.9 Å². The van der Waals surface area contributed by atoms with Crippen LogP contribution in [0, 0.1) is 35.3 Å². The van der Waals surface area contributed by atoms with Crippen LogP contribution >= 0.6 is 23.4 Å². The fourth-order valence-corrected chi connectivity index (χ4v) is 10.3. The Morgan fingerprint density at radius 1 is 0.821 bits per heavy atom. The lowest BCUT2D eigenvalue weighted by molar-refractivity contribution is -0.432. The third-order valence-corrected chi connectivity index (χ3v) is 14.4. The van der Waals surface area contributed by atoms with Gasteiger partial charge in [-0.3, -0.25) is 32.7 Å². The van der Waals surface area contributed by atoms with Crippen molar-refractivity contribution in [3.63, 3.8) is 0 Å². The van der Waals surface area contributed by atoms with Crippen LogP contribution in [0.5, 0.6) is 17.4 Å². The summed E-state index contributed by atoms with van der Waals surface area (Å²) in [5, 5.41) is 81.7. The summed E-state index contributed by atoms with van der Waals surface area (Å²) in [6.45, 7) is 2.62. The zero-order chi connectivity index (χ0) is 57.2. The fraction of sp³-hybridized carbons (Fsp3) is 0.146. The number of nitriles is 1. The third-order valence-electron chi connectivity index (χ3n) is 10.4. The largest absolute Gasteiger partial charge is 0.505 e. The predicted octanol–water partition coefficient (Wildman–Crippen LogP) is 9.39. The summed E-state index contributed by atoms with van der Waals surface area (Å²) in [5.41, 5.74) is -1.00. The second-order valence-corrected chi connectivity index (χ2v) is 23.4. The highest BCUT2D eigenvalue weighted by Gasteiger charge is 2.26.